The van der Waals surface area contributed by atoms with E-state index in [1.54, 1.807) is 24.0 Å². The summed E-state index contributed by atoms with van der Waals surface area (Å²) < 4.78 is 66.3. The average molecular weight is 482 g/mol. The highest BCUT2D eigenvalue weighted by Crippen LogP contribution is 2.32. The number of carbonyl (C=O) groups is 1. The molecule has 1 amide bonds. The number of piperazine rings is 1. The summed E-state index contributed by atoms with van der Waals surface area (Å²) in [6.07, 6.45) is -2.76. The standard InChI is InChI=1S/C23H26F3N3O3S/c1-17-7-8-20(33(31,32)29-9-2-3-10-29)16-21(17)22(30)28-13-11-27(12-14-28)19-6-4-5-18(15-19)23(24,25)26/h4-8,15-16H,2-3,9-14H2,1H3. The number of amides is 1. The topological polar surface area (TPSA) is 60.9 Å². The summed E-state index contributed by atoms with van der Waals surface area (Å²) in [6, 6.07) is 9.80. The van der Waals surface area contributed by atoms with Gasteiger partial charge in [0, 0.05) is 50.5 Å². The average Bonchev–Trinajstić information content (AvgIpc) is 3.34. The molecule has 4 rings (SSSR count). The molecule has 0 aromatic heterocycles. The molecule has 33 heavy (non-hydrogen) atoms. The van der Waals surface area contributed by atoms with Crippen LogP contribution in [0.4, 0.5) is 18.9 Å². The second-order valence-corrected chi connectivity index (χ2v) is 10.4. The highest BCUT2D eigenvalue weighted by Gasteiger charge is 2.32. The first-order valence-corrected chi connectivity index (χ1v) is 12.3. The first-order valence-electron chi connectivity index (χ1n) is 10.9. The van der Waals surface area contributed by atoms with E-state index in [9.17, 15) is 26.4 Å². The Balaban J connectivity index is 1.48. The first kappa shape index (κ1) is 23.6. The van der Waals surface area contributed by atoms with Gasteiger partial charge < -0.3 is 9.80 Å². The van der Waals surface area contributed by atoms with Crippen molar-refractivity contribution in [2.24, 2.45) is 0 Å². The van der Waals surface area contributed by atoms with Crippen molar-refractivity contribution >= 4 is 21.6 Å². The molecule has 178 valence electrons. The predicted octanol–water partition coefficient (Wildman–Crippen LogP) is 3.76. The summed E-state index contributed by atoms with van der Waals surface area (Å²) in [5.41, 5.74) is 0.778. The fourth-order valence-electron chi connectivity index (χ4n) is 4.29. The molecule has 2 heterocycles. The Morgan fingerprint density at radius 2 is 1.58 bits per heavy atom. The van der Waals surface area contributed by atoms with Crippen LogP contribution in [0.3, 0.4) is 0 Å². The molecule has 0 radical (unpaired) electrons. The van der Waals surface area contributed by atoms with E-state index in [-0.39, 0.29) is 10.8 Å². The summed E-state index contributed by atoms with van der Waals surface area (Å²) in [5, 5.41) is 0. The summed E-state index contributed by atoms with van der Waals surface area (Å²) in [7, 11) is -3.64. The lowest BCUT2D eigenvalue weighted by atomic mass is 10.1. The number of nitrogens with zero attached hydrogens (tertiary/aromatic N) is 3. The number of rotatable bonds is 4. The lowest BCUT2D eigenvalue weighted by Gasteiger charge is -2.36. The maximum absolute atomic E-state index is 13.2. The van der Waals surface area contributed by atoms with Crippen molar-refractivity contribution in [1.29, 1.82) is 0 Å². The molecular formula is C23H26F3N3O3S. The van der Waals surface area contributed by atoms with Gasteiger partial charge in [0.2, 0.25) is 10.0 Å². The molecule has 2 fully saturated rings. The molecule has 0 bridgehead atoms. The number of hydrogen-bond donors (Lipinski definition) is 0. The summed E-state index contributed by atoms with van der Waals surface area (Å²) in [4.78, 5) is 16.8. The smallest absolute Gasteiger partial charge is 0.368 e. The molecular weight excluding hydrogens is 455 g/mol. The van der Waals surface area contributed by atoms with Crippen LogP contribution in [0.25, 0.3) is 0 Å². The monoisotopic (exact) mass is 481 g/mol. The molecule has 0 atom stereocenters. The summed E-state index contributed by atoms with van der Waals surface area (Å²) >= 11 is 0. The molecule has 0 saturated carbocycles. The van der Waals surface area contributed by atoms with Crippen molar-refractivity contribution in [2.45, 2.75) is 30.8 Å². The van der Waals surface area contributed by atoms with Crippen molar-refractivity contribution in [1.82, 2.24) is 9.21 Å². The number of anilines is 1. The zero-order chi connectivity index (χ0) is 23.8. The third-order valence-corrected chi connectivity index (χ3v) is 8.14. The van der Waals surface area contributed by atoms with E-state index < -0.39 is 21.8 Å². The normalized spacial score (nSPS) is 18.1. The van der Waals surface area contributed by atoms with Gasteiger partial charge in [-0.25, -0.2) is 8.42 Å². The summed E-state index contributed by atoms with van der Waals surface area (Å²) in [6.45, 7) is 4.16. The minimum Gasteiger partial charge on any atom is -0.368 e. The van der Waals surface area contributed by atoms with Crippen molar-refractivity contribution in [3.05, 3.63) is 59.2 Å². The minimum absolute atomic E-state index is 0.112. The van der Waals surface area contributed by atoms with Crippen molar-refractivity contribution in [3.8, 4) is 0 Å². The molecule has 2 aromatic carbocycles. The molecule has 2 saturated heterocycles. The van der Waals surface area contributed by atoms with E-state index in [1.807, 2.05) is 4.90 Å². The van der Waals surface area contributed by atoms with Gasteiger partial charge >= 0.3 is 6.18 Å². The van der Waals surface area contributed by atoms with Crippen LogP contribution in [0.1, 0.15) is 34.3 Å². The van der Waals surface area contributed by atoms with Crippen LogP contribution in [0.15, 0.2) is 47.4 Å². The third-order valence-electron chi connectivity index (χ3n) is 6.25. The number of alkyl halides is 3. The Hall–Kier alpha value is -2.59. The lowest BCUT2D eigenvalue weighted by molar-refractivity contribution is -0.137. The number of sulfonamides is 1. The van der Waals surface area contributed by atoms with E-state index in [4.69, 9.17) is 0 Å². The Bertz CT molecular complexity index is 1140. The molecule has 10 heteroatoms. The number of halogens is 3. The molecule has 0 aliphatic carbocycles. The first-order chi connectivity index (χ1) is 15.6. The molecule has 0 unspecified atom stereocenters. The van der Waals surface area contributed by atoms with Crippen molar-refractivity contribution < 1.29 is 26.4 Å². The highest BCUT2D eigenvalue weighted by atomic mass is 32.2. The quantitative estimate of drug-likeness (QED) is 0.667. The van der Waals surface area contributed by atoms with Crippen LogP contribution in [0, 0.1) is 6.92 Å². The van der Waals surface area contributed by atoms with Gasteiger partial charge in [-0.1, -0.05) is 12.1 Å². The predicted molar refractivity (Wildman–Crippen MR) is 119 cm³/mol. The third kappa shape index (κ3) is 4.86. The largest absolute Gasteiger partial charge is 0.416 e. The highest BCUT2D eigenvalue weighted by molar-refractivity contribution is 7.89. The molecule has 2 aliphatic heterocycles. The Morgan fingerprint density at radius 1 is 0.909 bits per heavy atom. The fraction of sp³-hybridized carbons (Fsp3) is 0.435. The maximum Gasteiger partial charge on any atom is 0.416 e. The molecule has 2 aromatic rings. The van der Waals surface area contributed by atoms with Gasteiger partial charge in [0.1, 0.15) is 0 Å². The van der Waals surface area contributed by atoms with Gasteiger partial charge in [-0.05, 0) is 55.7 Å². The van der Waals surface area contributed by atoms with E-state index in [0.717, 1.165) is 25.0 Å². The van der Waals surface area contributed by atoms with Gasteiger partial charge in [0.05, 0.1) is 10.5 Å². The molecule has 0 N–H and O–H groups in total. The molecule has 0 spiro atoms. The van der Waals surface area contributed by atoms with Gasteiger partial charge in [-0.2, -0.15) is 17.5 Å². The Morgan fingerprint density at radius 3 is 2.21 bits per heavy atom. The van der Waals surface area contributed by atoms with Gasteiger partial charge in [0.15, 0.2) is 0 Å². The van der Waals surface area contributed by atoms with E-state index in [2.05, 4.69) is 0 Å². The number of hydrogen-bond acceptors (Lipinski definition) is 4. The van der Waals surface area contributed by atoms with E-state index >= 15 is 0 Å². The van der Waals surface area contributed by atoms with Crippen molar-refractivity contribution in [3.63, 3.8) is 0 Å². The fourth-order valence-corrected chi connectivity index (χ4v) is 5.83. The minimum atomic E-state index is -4.41. The SMILES string of the molecule is Cc1ccc(S(=O)(=O)N2CCCC2)cc1C(=O)N1CCN(c2cccc(C(F)(F)F)c2)CC1. The van der Waals surface area contributed by atoms with Crippen LogP contribution in [0.5, 0.6) is 0 Å². The molecule has 6 nitrogen and oxygen atoms in total. The van der Waals surface area contributed by atoms with Gasteiger partial charge in [0.25, 0.3) is 5.91 Å². The molecule has 2 aliphatic rings. The number of aryl methyl sites for hydroxylation is 1. The van der Waals surface area contributed by atoms with Crippen LogP contribution >= 0.6 is 0 Å². The maximum atomic E-state index is 13.2. The second kappa shape index (κ2) is 8.98. The van der Waals surface area contributed by atoms with Crippen LogP contribution in [0.2, 0.25) is 0 Å². The van der Waals surface area contributed by atoms with E-state index in [0.29, 0.717) is 56.1 Å². The summed E-state index contributed by atoms with van der Waals surface area (Å²) in [5.74, 6) is -0.269. The van der Waals surface area contributed by atoms with Crippen LogP contribution < -0.4 is 4.90 Å². The Labute approximate surface area is 191 Å². The zero-order valence-corrected chi connectivity index (χ0v) is 19.1. The van der Waals surface area contributed by atoms with E-state index in [1.165, 1.54) is 22.5 Å². The van der Waals surface area contributed by atoms with Crippen molar-refractivity contribution in [2.75, 3.05) is 44.2 Å². The second-order valence-electron chi connectivity index (χ2n) is 8.42. The van der Waals surface area contributed by atoms with Gasteiger partial charge in [-0.3, -0.25) is 4.79 Å². The van der Waals surface area contributed by atoms with Gasteiger partial charge in [-0.15, -0.1) is 0 Å². The zero-order valence-electron chi connectivity index (χ0n) is 18.3. The lowest BCUT2D eigenvalue weighted by Crippen LogP contribution is -2.49. The number of carbonyl (C=O) groups excluding carboxylic acids is 1. The van der Waals surface area contributed by atoms with Crippen LogP contribution in [-0.2, 0) is 16.2 Å². The van der Waals surface area contributed by atoms with Crippen LogP contribution in [-0.4, -0.2) is 62.8 Å². The Kier molecular flexibility index (Phi) is 6.41. The number of benzene rings is 2.